The fourth-order valence-corrected chi connectivity index (χ4v) is 3.91. The topological polar surface area (TPSA) is 73.9 Å². The Morgan fingerprint density at radius 1 is 1.17 bits per heavy atom. The smallest absolute Gasteiger partial charge is 0.335 e. The summed E-state index contributed by atoms with van der Waals surface area (Å²) in [5, 5.41) is 3.09. The van der Waals surface area contributed by atoms with E-state index in [1.165, 1.54) is 7.11 Å². The monoisotopic (exact) mass is 343 g/mol. The Morgan fingerprint density at radius 2 is 1.74 bits per heavy atom. The molecule has 7 heteroatoms. The number of hydrogen-bond acceptors (Lipinski definition) is 6. The lowest BCUT2D eigenvalue weighted by Crippen LogP contribution is -2.34. The van der Waals surface area contributed by atoms with Gasteiger partial charge in [0.05, 0.1) is 26.5 Å². The Kier molecular flexibility index (Phi) is 8.48. The molecule has 23 heavy (non-hydrogen) atoms. The van der Waals surface area contributed by atoms with Crippen LogP contribution in [-0.2, 0) is 35.9 Å². The zero-order valence-electron chi connectivity index (χ0n) is 14.2. The van der Waals surface area contributed by atoms with Crippen molar-refractivity contribution in [3.63, 3.8) is 0 Å². The molecule has 0 spiro atoms. The molecule has 1 N–H and O–H groups in total. The predicted molar refractivity (Wildman–Crippen MR) is 89.3 cm³/mol. The van der Waals surface area contributed by atoms with Crippen LogP contribution in [0.25, 0.3) is 0 Å². The summed E-state index contributed by atoms with van der Waals surface area (Å²) in [7, 11) is -1.80. The third-order valence-electron chi connectivity index (χ3n) is 3.29. The molecule has 1 aromatic rings. The van der Waals surface area contributed by atoms with Crippen molar-refractivity contribution in [1.82, 2.24) is 5.32 Å². The standard InChI is InChI=1S/C16H26NO5P/c1-5-21-23(19,22-6-2)12-15-10-8-7-9-14(15)11-17-13(3)16(18)20-4/h7-10,13,17H,5-6,11-12H2,1-4H3/t13-/m0/s1. The number of methoxy groups -OCH3 is 1. The van der Waals surface area contributed by atoms with Gasteiger partial charge in [0.2, 0.25) is 0 Å². The van der Waals surface area contributed by atoms with Gasteiger partial charge in [0.25, 0.3) is 0 Å². The molecule has 0 aliphatic rings. The molecule has 130 valence electrons. The zero-order chi connectivity index (χ0) is 17.3. The third-order valence-corrected chi connectivity index (χ3v) is 5.32. The summed E-state index contributed by atoms with van der Waals surface area (Å²) >= 11 is 0. The first-order chi connectivity index (χ1) is 11.0. The lowest BCUT2D eigenvalue weighted by Gasteiger charge is -2.19. The van der Waals surface area contributed by atoms with Crippen molar-refractivity contribution in [3.8, 4) is 0 Å². The third kappa shape index (κ3) is 6.43. The van der Waals surface area contributed by atoms with E-state index in [0.717, 1.165) is 11.1 Å². The number of benzene rings is 1. The van der Waals surface area contributed by atoms with Crippen LogP contribution in [0.2, 0.25) is 0 Å². The van der Waals surface area contributed by atoms with Gasteiger partial charge in [-0.25, -0.2) is 0 Å². The summed E-state index contributed by atoms with van der Waals surface area (Å²) in [6, 6.07) is 7.18. The summed E-state index contributed by atoms with van der Waals surface area (Å²) < 4.78 is 28.1. The summed E-state index contributed by atoms with van der Waals surface area (Å²) in [5.41, 5.74) is 1.82. The Balaban J connectivity index is 2.84. The average molecular weight is 343 g/mol. The Morgan fingerprint density at radius 3 is 2.26 bits per heavy atom. The number of carbonyl (C=O) groups is 1. The van der Waals surface area contributed by atoms with Gasteiger partial charge in [-0.2, -0.15) is 0 Å². The molecular weight excluding hydrogens is 317 g/mol. The molecule has 0 radical (unpaired) electrons. The molecule has 0 aliphatic heterocycles. The van der Waals surface area contributed by atoms with Gasteiger partial charge in [-0.1, -0.05) is 24.3 Å². The summed E-state index contributed by atoms with van der Waals surface area (Å²) in [5.74, 6) is -0.322. The molecule has 1 atom stereocenters. The SMILES string of the molecule is CCOP(=O)(Cc1ccccc1CN[C@@H](C)C(=O)OC)OCC. The molecule has 0 bridgehead atoms. The van der Waals surface area contributed by atoms with Gasteiger partial charge in [0.1, 0.15) is 6.04 Å². The lowest BCUT2D eigenvalue weighted by molar-refractivity contribution is -0.142. The van der Waals surface area contributed by atoms with Crippen molar-refractivity contribution in [2.45, 2.75) is 39.5 Å². The molecule has 0 amide bonds. The number of nitrogens with one attached hydrogen (secondary N) is 1. The zero-order valence-corrected chi connectivity index (χ0v) is 15.1. The maximum Gasteiger partial charge on any atom is 0.335 e. The van der Waals surface area contributed by atoms with E-state index in [1.54, 1.807) is 20.8 Å². The highest BCUT2D eigenvalue weighted by atomic mass is 31.2. The minimum atomic E-state index is -3.16. The minimum absolute atomic E-state index is 0.207. The van der Waals surface area contributed by atoms with E-state index in [4.69, 9.17) is 9.05 Å². The molecule has 0 saturated heterocycles. The van der Waals surface area contributed by atoms with E-state index in [-0.39, 0.29) is 12.1 Å². The quantitative estimate of drug-likeness (QED) is 0.520. The van der Waals surface area contributed by atoms with Crippen LogP contribution in [0.4, 0.5) is 0 Å². The normalized spacial score (nSPS) is 12.9. The summed E-state index contributed by atoms with van der Waals surface area (Å²) in [6.45, 7) is 6.44. The second kappa shape index (κ2) is 9.83. The first-order valence-corrected chi connectivity index (χ1v) is 9.44. The number of hydrogen-bond donors (Lipinski definition) is 1. The van der Waals surface area contributed by atoms with E-state index in [2.05, 4.69) is 10.1 Å². The van der Waals surface area contributed by atoms with Crippen LogP contribution in [-0.4, -0.2) is 32.3 Å². The molecule has 0 unspecified atom stereocenters. The highest BCUT2D eigenvalue weighted by Crippen LogP contribution is 2.51. The van der Waals surface area contributed by atoms with E-state index in [1.807, 2.05) is 24.3 Å². The van der Waals surface area contributed by atoms with Crippen LogP contribution in [0.15, 0.2) is 24.3 Å². The molecule has 1 aromatic carbocycles. The second-order valence-corrected chi connectivity index (χ2v) is 7.05. The lowest BCUT2D eigenvalue weighted by atomic mass is 10.1. The maximum absolute atomic E-state index is 12.7. The fraction of sp³-hybridized carbons (Fsp3) is 0.562. The second-order valence-electron chi connectivity index (χ2n) is 5.00. The van der Waals surface area contributed by atoms with Gasteiger partial charge in [0.15, 0.2) is 0 Å². The molecule has 0 fully saturated rings. The predicted octanol–water partition coefficient (Wildman–Crippen LogP) is 3.10. The van der Waals surface area contributed by atoms with Crippen LogP contribution in [0.5, 0.6) is 0 Å². The van der Waals surface area contributed by atoms with Crippen LogP contribution in [0, 0.1) is 0 Å². The van der Waals surface area contributed by atoms with E-state index < -0.39 is 13.6 Å². The van der Waals surface area contributed by atoms with Crippen LogP contribution >= 0.6 is 7.60 Å². The summed E-state index contributed by atoms with van der Waals surface area (Å²) in [6.07, 6.45) is 0.207. The maximum atomic E-state index is 12.7. The molecule has 0 saturated carbocycles. The number of rotatable bonds is 10. The van der Waals surface area contributed by atoms with E-state index >= 15 is 0 Å². The number of ether oxygens (including phenoxy) is 1. The minimum Gasteiger partial charge on any atom is -0.468 e. The van der Waals surface area contributed by atoms with Crippen molar-refractivity contribution in [1.29, 1.82) is 0 Å². The van der Waals surface area contributed by atoms with Gasteiger partial charge in [-0.15, -0.1) is 0 Å². The van der Waals surface area contributed by atoms with Crippen molar-refractivity contribution >= 4 is 13.6 Å². The van der Waals surface area contributed by atoms with Crippen molar-refractivity contribution in [2.75, 3.05) is 20.3 Å². The van der Waals surface area contributed by atoms with E-state index in [0.29, 0.717) is 19.8 Å². The highest BCUT2D eigenvalue weighted by molar-refractivity contribution is 7.53. The van der Waals surface area contributed by atoms with Crippen LogP contribution in [0.1, 0.15) is 31.9 Å². The number of esters is 1. The molecular formula is C16H26NO5P. The Labute approximate surface area is 138 Å². The largest absolute Gasteiger partial charge is 0.468 e. The molecule has 1 rings (SSSR count). The Hall–Kier alpha value is -1.20. The summed E-state index contributed by atoms with van der Waals surface area (Å²) in [4.78, 5) is 11.4. The number of carbonyl (C=O) groups excluding carboxylic acids is 1. The first kappa shape index (κ1) is 19.8. The van der Waals surface area contributed by atoms with Crippen LogP contribution < -0.4 is 5.32 Å². The fourth-order valence-electron chi connectivity index (χ4n) is 2.14. The molecule has 6 nitrogen and oxygen atoms in total. The Bertz CT molecular complexity index is 539. The molecule has 0 aliphatic carbocycles. The van der Waals surface area contributed by atoms with Gasteiger partial charge in [-0.3, -0.25) is 9.36 Å². The van der Waals surface area contributed by atoms with Gasteiger partial charge >= 0.3 is 13.6 Å². The van der Waals surface area contributed by atoms with Gasteiger partial charge in [0, 0.05) is 6.54 Å². The molecule has 0 heterocycles. The van der Waals surface area contributed by atoms with Crippen LogP contribution in [0.3, 0.4) is 0 Å². The van der Waals surface area contributed by atoms with E-state index in [9.17, 15) is 9.36 Å². The first-order valence-electron chi connectivity index (χ1n) is 7.71. The highest BCUT2D eigenvalue weighted by Gasteiger charge is 2.25. The van der Waals surface area contributed by atoms with Crippen molar-refractivity contribution in [2.24, 2.45) is 0 Å². The van der Waals surface area contributed by atoms with Crippen molar-refractivity contribution < 1.29 is 23.1 Å². The average Bonchev–Trinajstić information content (AvgIpc) is 2.53. The van der Waals surface area contributed by atoms with Gasteiger partial charge in [-0.05, 0) is 31.9 Å². The van der Waals surface area contributed by atoms with Crippen molar-refractivity contribution in [3.05, 3.63) is 35.4 Å². The van der Waals surface area contributed by atoms with Gasteiger partial charge < -0.3 is 19.1 Å². The molecule has 0 aromatic heterocycles.